The zero-order valence-corrected chi connectivity index (χ0v) is 12.8. The molecule has 2 unspecified atom stereocenters. The highest BCUT2D eigenvalue weighted by Crippen LogP contribution is 2.25. The first kappa shape index (κ1) is 14.4. The number of hydrogen-bond acceptors (Lipinski definition) is 2. The molecule has 0 aromatic heterocycles. The summed E-state index contributed by atoms with van der Waals surface area (Å²) in [4.78, 5) is 14.4. The number of nitrogens with one attached hydrogen (secondary N) is 2. The van der Waals surface area contributed by atoms with Gasteiger partial charge in [-0.2, -0.15) is 0 Å². The minimum Gasteiger partial charge on any atom is -0.324 e. The minimum atomic E-state index is 0.0447. The second kappa shape index (κ2) is 6.48. The second-order valence-corrected chi connectivity index (χ2v) is 6.35. The Morgan fingerprint density at radius 1 is 1.33 bits per heavy atom. The van der Waals surface area contributed by atoms with Crippen LogP contribution in [0.2, 0.25) is 0 Å². The summed E-state index contributed by atoms with van der Waals surface area (Å²) in [5.74, 6) is 0.615. The topological polar surface area (TPSA) is 44.4 Å². The van der Waals surface area contributed by atoms with Crippen molar-refractivity contribution in [2.45, 2.75) is 38.6 Å². The van der Waals surface area contributed by atoms with Crippen LogP contribution < -0.4 is 10.6 Å². The van der Waals surface area contributed by atoms with E-state index in [2.05, 4.69) is 10.6 Å². The van der Waals surface area contributed by atoms with Gasteiger partial charge < -0.3 is 15.5 Å². The Balaban J connectivity index is 1.59. The number of amides is 2. The van der Waals surface area contributed by atoms with Crippen LogP contribution in [0, 0.1) is 12.8 Å². The van der Waals surface area contributed by atoms with E-state index in [1.807, 2.05) is 36.1 Å². The smallest absolute Gasteiger partial charge is 0.321 e. The number of nitrogens with zero attached hydrogens (tertiary/aromatic N) is 1. The van der Waals surface area contributed by atoms with Gasteiger partial charge in [0.25, 0.3) is 0 Å². The van der Waals surface area contributed by atoms with Gasteiger partial charge in [-0.25, -0.2) is 4.79 Å². The molecule has 2 atom stereocenters. The Hall–Kier alpha value is -1.55. The van der Waals surface area contributed by atoms with Crippen LogP contribution in [0.4, 0.5) is 10.5 Å². The van der Waals surface area contributed by atoms with Gasteiger partial charge in [0.15, 0.2) is 0 Å². The Labute approximate surface area is 126 Å². The zero-order valence-electron chi connectivity index (χ0n) is 12.8. The third-order valence-electron chi connectivity index (χ3n) is 4.68. The largest absolute Gasteiger partial charge is 0.324 e. The molecule has 21 heavy (non-hydrogen) atoms. The summed E-state index contributed by atoms with van der Waals surface area (Å²) in [6, 6.07) is 8.64. The van der Waals surface area contributed by atoms with Crippen LogP contribution in [0.3, 0.4) is 0 Å². The summed E-state index contributed by atoms with van der Waals surface area (Å²) in [5, 5.41) is 6.61. The average molecular weight is 287 g/mol. The molecule has 0 radical (unpaired) electrons. The van der Waals surface area contributed by atoms with Gasteiger partial charge in [0, 0.05) is 24.8 Å². The van der Waals surface area contributed by atoms with E-state index in [4.69, 9.17) is 0 Å². The Morgan fingerprint density at radius 3 is 3.00 bits per heavy atom. The standard InChI is InChI=1S/C17H25N3O/c1-13-5-2-7-15(11-13)19-17(21)20-10-4-6-14(12-20)16-8-3-9-18-16/h2,5,7,11,14,16,18H,3-4,6,8-10,12H2,1H3,(H,19,21). The van der Waals surface area contributed by atoms with E-state index < -0.39 is 0 Å². The van der Waals surface area contributed by atoms with Gasteiger partial charge in [-0.1, -0.05) is 12.1 Å². The number of anilines is 1. The maximum absolute atomic E-state index is 12.4. The second-order valence-electron chi connectivity index (χ2n) is 6.35. The third-order valence-corrected chi connectivity index (χ3v) is 4.68. The molecule has 0 aliphatic carbocycles. The molecule has 0 bridgehead atoms. The molecule has 114 valence electrons. The van der Waals surface area contributed by atoms with Crippen molar-refractivity contribution in [3.8, 4) is 0 Å². The van der Waals surface area contributed by atoms with Gasteiger partial charge in [-0.15, -0.1) is 0 Å². The molecule has 2 aliphatic rings. The lowest BCUT2D eigenvalue weighted by Gasteiger charge is -2.35. The predicted octanol–water partition coefficient (Wildman–Crippen LogP) is 2.99. The molecule has 2 amide bonds. The average Bonchev–Trinajstić information content (AvgIpc) is 3.02. The van der Waals surface area contributed by atoms with Crippen LogP contribution in [-0.4, -0.2) is 36.6 Å². The van der Waals surface area contributed by atoms with Crippen LogP contribution in [0.15, 0.2) is 24.3 Å². The molecule has 2 heterocycles. The van der Waals surface area contributed by atoms with Crippen LogP contribution in [0.25, 0.3) is 0 Å². The third kappa shape index (κ3) is 3.56. The number of piperidine rings is 1. The van der Waals surface area contributed by atoms with Crippen molar-refractivity contribution < 1.29 is 4.79 Å². The summed E-state index contributed by atoms with van der Waals surface area (Å²) in [6.45, 7) is 4.94. The van der Waals surface area contributed by atoms with E-state index in [1.165, 1.54) is 24.8 Å². The van der Waals surface area contributed by atoms with Gasteiger partial charge in [0.05, 0.1) is 0 Å². The molecule has 2 fully saturated rings. The molecular weight excluding hydrogens is 262 g/mol. The molecule has 0 spiro atoms. The monoisotopic (exact) mass is 287 g/mol. The van der Waals surface area contributed by atoms with E-state index in [9.17, 15) is 4.79 Å². The van der Waals surface area contributed by atoms with Gasteiger partial charge in [-0.05, 0) is 62.8 Å². The highest BCUT2D eigenvalue weighted by Gasteiger charge is 2.30. The number of rotatable bonds is 2. The van der Waals surface area contributed by atoms with Crippen LogP contribution in [0.1, 0.15) is 31.2 Å². The minimum absolute atomic E-state index is 0.0447. The summed E-state index contributed by atoms with van der Waals surface area (Å²) >= 11 is 0. The first-order chi connectivity index (χ1) is 10.2. The Bertz CT molecular complexity index is 497. The van der Waals surface area contributed by atoms with Crippen molar-refractivity contribution in [2.75, 3.05) is 25.0 Å². The number of carbonyl (C=O) groups is 1. The van der Waals surface area contributed by atoms with Gasteiger partial charge in [-0.3, -0.25) is 0 Å². The number of carbonyl (C=O) groups excluding carboxylic acids is 1. The molecular formula is C17H25N3O. The highest BCUT2D eigenvalue weighted by molar-refractivity contribution is 5.89. The predicted molar refractivity (Wildman–Crippen MR) is 85.5 cm³/mol. The molecule has 4 heteroatoms. The van der Waals surface area contributed by atoms with Crippen LogP contribution >= 0.6 is 0 Å². The van der Waals surface area contributed by atoms with Gasteiger partial charge in [0.2, 0.25) is 0 Å². The molecule has 0 saturated carbocycles. The van der Waals surface area contributed by atoms with E-state index in [1.54, 1.807) is 0 Å². The first-order valence-electron chi connectivity index (χ1n) is 8.08. The van der Waals surface area contributed by atoms with Crippen molar-refractivity contribution in [3.63, 3.8) is 0 Å². The van der Waals surface area contributed by atoms with E-state index in [0.717, 1.165) is 31.7 Å². The molecule has 2 saturated heterocycles. The normalized spacial score (nSPS) is 25.9. The fourth-order valence-corrected chi connectivity index (χ4v) is 3.56. The number of hydrogen-bond donors (Lipinski definition) is 2. The number of aryl methyl sites for hydroxylation is 1. The lowest BCUT2D eigenvalue weighted by molar-refractivity contribution is 0.163. The van der Waals surface area contributed by atoms with Gasteiger partial charge >= 0.3 is 6.03 Å². The van der Waals surface area contributed by atoms with Crippen molar-refractivity contribution in [2.24, 2.45) is 5.92 Å². The molecule has 2 aliphatic heterocycles. The van der Waals surface area contributed by atoms with Crippen molar-refractivity contribution in [1.29, 1.82) is 0 Å². The number of benzene rings is 1. The summed E-state index contributed by atoms with van der Waals surface area (Å²) in [6.07, 6.45) is 4.89. The quantitative estimate of drug-likeness (QED) is 0.878. The molecule has 4 nitrogen and oxygen atoms in total. The lowest BCUT2D eigenvalue weighted by Crippen LogP contribution is -2.47. The lowest BCUT2D eigenvalue weighted by atomic mass is 9.90. The first-order valence-corrected chi connectivity index (χ1v) is 8.08. The van der Waals surface area contributed by atoms with Crippen LogP contribution in [-0.2, 0) is 0 Å². The molecule has 3 rings (SSSR count). The molecule has 1 aromatic rings. The zero-order chi connectivity index (χ0) is 14.7. The maximum atomic E-state index is 12.4. The molecule has 2 N–H and O–H groups in total. The Morgan fingerprint density at radius 2 is 2.24 bits per heavy atom. The summed E-state index contributed by atoms with van der Waals surface area (Å²) in [7, 11) is 0. The van der Waals surface area contributed by atoms with E-state index in [0.29, 0.717) is 12.0 Å². The van der Waals surface area contributed by atoms with Crippen molar-refractivity contribution in [1.82, 2.24) is 10.2 Å². The molecule has 1 aromatic carbocycles. The summed E-state index contributed by atoms with van der Waals surface area (Å²) in [5.41, 5.74) is 2.06. The number of likely N-dealkylation sites (tertiary alicyclic amines) is 1. The Kier molecular flexibility index (Phi) is 4.44. The fraction of sp³-hybridized carbons (Fsp3) is 0.588. The van der Waals surface area contributed by atoms with Crippen molar-refractivity contribution >= 4 is 11.7 Å². The fourth-order valence-electron chi connectivity index (χ4n) is 3.56. The van der Waals surface area contributed by atoms with Gasteiger partial charge in [0.1, 0.15) is 0 Å². The van der Waals surface area contributed by atoms with Crippen LogP contribution in [0.5, 0.6) is 0 Å². The van der Waals surface area contributed by atoms with E-state index in [-0.39, 0.29) is 6.03 Å². The maximum Gasteiger partial charge on any atom is 0.321 e. The van der Waals surface area contributed by atoms with E-state index >= 15 is 0 Å². The SMILES string of the molecule is Cc1cccc(NC(=O)N2CCCC(C3CCCN3)C2)c1. The number of urea groups is 1. The van der Waals surface area contributed by atoms with Crippen molar-refractivity contribution in [3.05, 3.63) is 29.8 Å². The highest BCUT2D eigenvalue weighted by atomic mass is 16.2. The summed E-state index contributed by atoms with van der Waals surface area (Å²) < 4.78 is 0.